The minimum Gasteiger partial charge on any atom is -0.507 e. The maximum Gasteiger partial charge on any atom is 0.128 e. The Morgan fingerprint density at radius 1 is 0.680 bits per heavy atom. The highest BCUT2D eigenvalue weighted by Crippen LogP contribution is 2.39. The number of rotatable bonds is 2. The third kappa shape index (κ3) is 2.49. The highest BCUT2D eigenvalue weighted by Gasteiger charge is 2.13. The van der Waals surface area contributed by atoms with E-state index in [2.05, 4.69) is 11.1 Å². The number of phenols is 1. The molecule has 0 bridgehead atoms. The van der Waals surface area contributed by atoms with Gasteiger partial charge in [0.05, 0.1) is 26.0 Å². The molecule has 25 heavy (non-hydrogen) atoms. The lowest BCUT2D eigenvalue weighted by Gasteiger charge is -2.03. The first-order valence-electron chi connectivity index (χ1n) is 7.83. The molecule has 0 aliphatic rings. The monoisotopic (exact) mass is 360 g/mol. The van der Waals surface area contributed by atoms with Crippen LogP contribution in [-0.2, 0) is 0 Å². The fourth-order valence-electron chi connectivity index (χ4n) is 2.82. The van der Waals surface area contributed by atoms with Crippen LogP contribution in [-0.4, -0.2) is 15.1 Å². The zero-order valence-electron chi connectivity index (χ0n) is 13.0. The van der Waals surface area contributed by atoms with E-state index in [1.54, 1.807) is 28.7 Å². The number of hydrogen-bond acceptors (Lipinski definition) is 5. The lowest BCUT2D eigenvalue weighted by atomic mass is 10.1. The van der Waals surface area contributed by atoms with E-state index >= 15 is 0 Å². The summed E-state index contributed by atoms with van der Waals surface area (Å²) in [6, 6.07) is 21.7. The molecule has 2 heterocycles. The average Bonchev–Trinajstić information content (AvgIpc) is 3.26. The van der Waals surface area contributed by atoms with Crippen molar-refractivity contribution in [1.29, 1.82) is 0 Å². The van der Waals surface area contributed by atoms with Gasteiger partial charge in [-0.15, -0.1) is 22.7 Å². The molecule has 3 aromatic carbocycles. The fraction of sp³-hybridized carbons (Fsp3) is 0. The van der Waals surface area contributed by atoms with E-state index in [-0.39, 0.29) is 5.75 Å². The van der Waals surface area contributed by atoms with E-state index in [1.807, 2.05) is 54.6 Å². The molecular weight excluding hydrogens is 348 g/mol. The molecule has 120 valence electrons. The van der Waals surface area contributed by atoms with Gasteiger partial charge in [0.25, 0.3) is 0 Å². The standard InChI is InChI=1S/C20H12N2OS2/c23-16-10-9-12(19-21-14-5-1-3-7-17(14)24-19)11-13(16)20-22-15-6-2-4-8-18(15)25-20/h1-11,23H. The Morgan fingerprint density at radius 3 is 1.96 bits per heavy atom. The van der Waals surface area contributed by atoms with Gasteiger partial charge >= 0.3 is 0 Å². The lowest BCUT2D eigenvalue weighted by molar-refractivity contribution is 0.477. The molecule has 0 fully saturated rings. The van der Waals surface area contributed by atoms with E-state index in [4.69, 9.17) is 4.98 Å². The van der Waals surface area contributed by atoms with Crippen LogP contribution < -0.4 is 0 Å². The van der Waals surface area contributed by atoms with Crippen LogP contribution in [0, 0.1) is 0 Å². The van der Waals surface area contributed by atoms with Gasteiger partial charge in [0.1, 0.15) is 15.8 Å². The van der Waals surface area contributed by atoms with E-state index in [0.717, 1.165) is 41.6 Å². The van der Waals surface area contributed by atoms with Gasteiger partial charge in [-0.25, -0.2) is 9.97 Å². The molecule has 0 aliphatic carbocycles. The number of para-hydroxylation sites is 2. The quantitative estimate of drug-likeness (QED) is 0.423. The highest BCUT2D eigenvalue weighted by molar-refractivity contribution is 7.22. The Balaban J connectivity index is 1.66. The zero-order valence-corrected chi connectivity index (χ0v) is 14.6. The van der Waals surface area contributed by atoms with Gasteiger partial charge in [-0.3, -0.25) is 0 Å². The lowest BCUT2D eigenvalue weighted by Crippen LogP contribution is -1.81. The Bertz CT molecular complexity index is 1160. The first-order valence-corrected chi connectivity index (χ1v) is 9.46. The molecule has 0 unspecified atom stereocenters. The maximum absolute atomic E-state index is 10.3. The number of aromatic hydroxyl groups is 1. The first-order chi connectivity index (χ1) is 12.3. The second-order valence-electron chi connectivity index (χ2n) is 5.71. The smallest absolute Gasteiger partial charge is 0.128 e. The number of aromatic nitrogens is 2. The number of nitrogens with zero attached hydrogens (tertiary/aromatic N) is 2. The molecule has 2 aromatic heterocycles. The van der Waals surface area contributed by atoms with Crippen molar-refractivity contribution in [2.75, 3.05) is 0 Å². The summed E-state index contributed by atoms with van der Waals surface area (Å²) in [5, 5.41) is 12.1. The van der Waals surface area contributed by atoms with E-state index in [1.165, 1.54) is 0 Å². The Kier molecular flexibility index (Phi) is 3.29. The molecule has 0 spiro atoms. The molecule has 1 N–H and O–H groups in total. The average molecular weight is 360 g/mol. The van der Waals surface area contributed by atoms with E-state index < -0.39 is 0 Å². The summed E-state index contributed by atoms with van der Waals surface area (Å²) in [6.07, 6.45) is 0. The van der Waals surface area contributed by atoms with Gasteiger partial charge in [0.2, 0.25) is 0 Å². The molecule has 0 saturated heterocycles. The fourth-order valence-corrected chi connectivity index (χ4v) is 4.78. The topological polar surface area (TPSA) is 46.0 Å². The number of phenolic OH excluding ortho intramolecular Hbond substituents is 1. The largest absolute Gasteiger partial charge is 0.507 e. The van der Waals surface area contributed by atoms with Gasteiger partial charge in [-0.1, -0.05) is 24.3 Å². The van der Waals surface area contributed by atoms with Gasteiger partial charge < -0.3 is 5.11 Å². The predicted octanol–water partition coefficient (Wildman–Crippen LogP) is 5.95. The SMILES string of the molecule is Oc1ccc(-c2nc3ccccc3s2)cc1-c1nc2ccccc2s1. The van der Waals surface area contributed by atoms with Crippen molar-refractivity contribution in [3.05, 3.63) is 66.7 Å². The van der Waals surface area contributed by atoms with Gasteiger partial charge in [0.15, 0.2) is 0 Å². The summed E-state index contributed by atoms with van der Waals surface area (Å²) < 4.78 is 2.27. The summed E-state index contributed by atoms with van der Waals surface area (Å²) in [7, 11) is 0. The Morgan fingerprint density at radius 2 is 1.28 bits per heavy atom. The Hall–Kier alpha value is -2.76. The summed E-state index contributed by atoms with van der Waals surface area (Å²) in [6.45, 7) is 0. The second kappa shape index (κ2) is 5.65. The molecule has 5 heteroatoms. The van der Waals surface area contributed by atoms with Crippen LogP contribution in [0.25, 0.3) is 41.6 Å². The van der Waals surface area contributed by atoms with Crippen LogP contribution in [0.1, 0.15) is 0 Å². The number of hydrogen-bond donors (Lipinski definition) is 1. The Labute approximate surface area is 151 Å². The van der Waals surface area contributed by atoms with Gasteiger partial charge in [-0.2, -0.15) is 0 Å². The van der Waals surface area contributed by atoms with Crippen molar-refractivity contribution < 1.29 is 5.11 Å². The molecule has 5 aromatic rings. The van der Waals surface area contributed by atoms with Crippen molar-refractivity contribution >= 4 is 43.1 Å². The molecule has 0 aliphatic heterocycles. The molecule has 0 saturated carbocycles. The third-order valence-electron chi connectivity index (χ3n) is 4.06. The molecule has 5 rings (SSSR count). The van der Waals surface area contributed by atoms with Crippen LogP contribution in [0.15, 0.2) is 66.7 Å². The molecule has 0 atom stereocenters. The van der Waals surface area contributed by atoms with E-state index in [9.17, 15) is 5.11 Å². The zero-order chi connectivity index (χ0) is 16.8. The summed E-state index contributed by atoms with van der Waals surface area (Å²) in [5.74, 6) is 0.240. The second-order valence-corrected chi connectivity index (χ2v) is 7.77. The van der Waals surface area contributed by atoms with Gasteiger partial charge in [-0.05, 0) is 42.5 Å². The number of benzene rings is 3. The minimum atomic E-state index is 0.240. The van der Waals surface area contributed by atoms with Crippen LogP contribution in [0.4, 0.5) is 0 Å². The first kappa shape index (κ1) is 14.6. The van der Waals surface area contributed by atoms with Gasteiger partial charge in [0, 0.05) is 5.56 Å². The summed E-state index contributed by atoms with van der Waals surface area (Å²) in [4.78, 5) is 9.37. The van der Waals surface area contributed by atoms with Crippen molar-refractivity contribution in [3.63, 3.8) is 0 Å². The van der Waals surface area contributed by atoms with Crippen LogP contribution in [0.5, 0.6) is 5.75 Å². The molecule has 3 nitrogen and oxygen atoms in total. The van der Waals surface area contributed by atoms with Crippen LogP contribution in [0.2, 0.25) is 0 Å². The van der Waals surface area contributed by atoms with Crippen molar-refractivity contribution in [3.8, 4) is 26.9 Å². The molecule has 0 radical (unpaired) electrons. The predicted molar refractivity (Wildman–Crippen MR) is 105 cm³/mol. The minimum absolute atomic E-state index is 0.240. The van der Waals surface area contributed by atoms with Crippen molar-refractivity contribution in [2.24, 2.45) is 0 Å². The summed E-state index contributed by atoms with van der Waals surface area (Å²) >= 11 is 3.24. The van der Waals surface area contributed by atoms with Crippen LogP contribution in [0.3, 0.4) is 0 Å². The summed E-state index contributed by atoms with van der Waals surface area (Å²) in [5.41, 5.74) is 3.69. The third-order valence-corrected chi connectivity index (χ3v) is 6.22. The number of thiazole rings is 2. The molecule has 0 amide bonds. The van der Waals surface area contributed by atoms with Crippen molar-refractivity contribution in [2.45, 2.75) is 0 Å². The molecular formula is C20H12N2OS2. The van der Waals surface area contributed by atoms with Crippen LogP contribution >= 0.6 is 22.7 Å². The number of fused-ring (bicyclic) bond motifs is 2. The highest BCUT2D eigenvalue weighted by atomic mass is 32.1. The normalized spacial score (nSPS) is 11.4. The maximum atomic E-state index is 10.3. The van der Waals surface area contributed by atoms with Crippen molar-refractivity contribution in [1.82, 2.24) is 9.97 Å². The van der Waals surface area contributed by atoms with E-state index in [0.29, 0.717) is 0 Å².